The molecule has 0 spiro atoms. The Morgan fingerprint density at radius 2 is 1.80 bits per heavy atom. The molecule has 0 aliphatic carbocycles. The van der Waals surface area contributed by atoms with Crippen LogP contribution in [0.1, 0.15) is 43.2 Å². The quantitative estimate of drug-likeness (QED) is 0.448. The number of ether oxygens (including phenoxy) is 1. The van der Waals surface area contributed by atoms with Crippen LogP contribution in [0.5, 0.6) is 0 Å². The number of halogens is 1. The minimum atomic E-state index is -0.434. The lowest BCUT2D eigenvalue weighted by atomic mass is 10.1. The molecule has 7 heteroatoms. The minimum Gasteiger partial charge on any atom is -0.462 e. The average Bonchev–Trinajstić information content (AvgIpc) is 3.05. The molecule has 0 aliphatic rings. The molecule has 1 amide bonds. The highest BCUT2D eigenvalue weighted by Crippen LogP contribution is 2.27. The van der Waals surface area contributed by atoms with Gasteiger partial charge >= 0.3 is 5.97 Å². The molecule has 1 heterocycles. The SMILES string of the molecule is CCOC(=O)c1cc(-c2ccc(F)cc2)n(CC(=O)NCCCN(CC)CC)c1C. The molecule has 0 atom stereocenters. The summed E-state index contributed by atoms with van der Waals surface area (Å²) in [5, 5.41) is 2.95. The van der Waals surface area contributed by atoms with Crippen LogP contribution < -0.4 is 5.32 Å². The van der Waals surface area contributed by atoms with Crippen molar-refractivity contribution in [2.24, 2.45) is 0 Å². The average molecular weight is 418 g/mol. The predicted octanol–water partition coefficient (Wildman–Crippen LogP) is 3.63. The molecule has 0 radical (unpaired) electrons. The smallest absolute Gasteiger partial charge is 0.339 e. The first-order valence-electron chi connectivity index (χ1n) is 10.5. The highest BCUT2D eigenvalue weighted by Gasteiger charge is 2.21. The Balaban J connectivity index is 2.17. The van der Waals surface area contributed by atoms with Crippen molar-refractivity contribution in [2.45, 2.75) is 40.7 Å². The van der Waals surface area contributed by atoms with Crippen molar-refractivity contribution in [1.29, 1.82) is 0 Å². The fourth-order valence-corrected chi connectivity index (χ4v) is 3.39. The normalized spacial score (nSPS) is 11.0. The highest BCUT2D eigenvalue weighted by molar-refractivity contribution is 5.93. The summed E-state index contributed by atoms with van der Waals surface area (Å²) < 4.78 is 20.3. The number of hydrogen-bond donors (Lipinski definition) is 1. The van der Waals surface area contributed by atoms with Gasteiger partial charge in [0.1, 0.15) is 12.4 Å². The Morgan fingerprint density at radius 1 is 1.13 bits per heavy atom. The molecule has 0 saturated carbocycles. The van der Waals surface area contributed by atoms with Gasteiger partial charge in [-0.2, -0.15) is 0 Å². The van der Waals surface area contributed by atoms with Crippen LogP contribution in [-0.2, 0) is 16.1 Å². The first kappa shape index (κ1) is 23.6. The largest absolute Gasteiger partial charge is 0.462 e. The summed E-state index contributed by atoms with van der Waals surface area (Å²) in [7, 11) is 0. The Kier molecular flexibility index (Phi) is 9.05. The second-order valence-electron chi connectivity index (χ2n) is 7.07. The summed E-state index contributed by atoms with van der Waals surface area (Å²) in [6.07, 6.45) is 0.872. The second kappa shape index (κ2) is 11.5. The minimum absolute atomic E-state index is 0.0726. The summed E-state index contributed by atoms with van der Waals surface area (Å²) in [6.45, 7) is 11.6. The van der Waals surface area contributed by atoms with Gasteiger partial charge in [-0.25, -0.2) is 9.18 Å². The zero-order valence-corrected chi connectivity index (χ0v) is 18.3. The van der Waals surface area contributed by atoms with E-state index in [-0.39, 0.29) is 24.9 Å². The third-order valence-electron chi connectivity index (χ3n) is 5.17. The number of hydrogen-bond acceptors (Lipinski definition) is 4. The van der Waals surface area contributed by atoms with E-state index < -0.39 is 5.97 Å². The van der Waals surface area contributed by atoms with Crippen molar-refractivity contribution >= 4 is 11.9 Å². The standard InChI is InChI=1S/C23H32FN3O3/c1-5-26(6-2)14-8-13-25-22(28)16-27-17(4)20(23(29)30-7-3)15-21(27)18-9-11-19(24)12-10-18/h9-12,15H,5-8,13-14,16H2,1-4H3,(H,25,28). The maximum Gasteiger partial charge on any atom is 0.339 e. The van der Waals surface area contributed by atoms with Crippen LogP contribution in [0.3, 0.4) is 0 Å². The number of rotatable bonds is 11. The summed E-state index contributed by atoms with van der Waals surface area (Å²) in [5.41, 5.74) is 2.45. The van der Waals surface area contributed by atoms with Crippen molar-refractivity contribution in [3.05, 3.63) is 47.4 Å². The van der Waals surface area contributed by atoms with E-state index >= 15 is 0 Å². The molecular weight excluding hydrogens is 385 g/mol. The number of esters is 1. The zero-order chi connectivity index (χ0) is 22.1. The molecule has 1 aromatic carbocycles. The van der Waals surface area contributed by atoms with Gasteiger partial charge in [0.15, 0.2) is 0 Å². The highest BCUT2D eigenvalue weighted by atomic mass is 19.1. The first-order chi connectivity index (χ1) is 14.4. The van der Waals surface area contributed by atoms with Gasteiger partial charge in [-0.1, -0.05) is 13.8 Å². The van der Waals surface area contributed by atoms with Gasteiger partial charge in [0.05, 0.1) is 12.2 Å². The van der Waals surface area contributed by atoms with Crippen LogP contribution in [0.25, 0.3) is 11.3 Å². The van der Waals surface area contributed by atoms with Crippen LogP contribution in [0.4, 0.5) is 4.39 Å². The van der Waals surface area contributed by atoms with Gasteiger partial charge in [-0.3, -0.25) is 4.79 Å². The first-order valence-corrected chi connectivity index (χ1v) is 10.5. The van der Waals surface area contributed by atoms with Gasteiger partial charge in [0.25, 0.3) is 0 Å². The van der Waals surface area contributed by atoms with E-state index in [9.17, 15) is 14.0 Å². The fraction of sp³-hybridized carbons (Fsp3) is 0.478. The van der Waals surface area contributed by atoms with Gasteiger partial charge in [0, 0.05) is 17.9 Å². The third-order valence-corrected chi connectivity index (χ3v) is 5.17. The molecule has 2 aromatic rings. The molecule has 0 fully saturated rings. The molecule has 0 unspecified atom stereocenters. The van der Waals surface area contributed by atoms with Crippen molar-refractivity contribution in [1.82, 2.24) is 14.8 Å². The van der Waals surface area contributed by atoms with Crippen molar-refractivity contribution in [2.75, 3.05) is 32.8 Å². The van der Waals surface area contributed by atoms with Crippen LogP contribution in [0, 0.1) is 12.7 Å². The maximum atomic E-state index is 13.4. The summed E-state index contributed by atoms with van der Waals surface area (Å²) in [6, 6.07) is 7.70. The Bertz CT molecular complexity index is 842. The van der Waals surface area contributed by atoms with Crippen LogP contribution in [-0.4, -0.2) is 54.1 Å². The number of carbonyl (C=O) groups is 2. The molecule has 0 aliphatic heterocycles. The lowest BCUT2D eigenvalue weighted by molar-refractivity contribution is -0.121. The van der Waals surface area contributed by atoms with E-state index in [0.29, 0.717) is 23.5 Å². The van der Waals surface area contributed by atoms with Gasteiger partial charge < -0.3 is 19.5 Å². The van der Waals surface area contributed by atoms with Crippen LogP contribution in [0.2, 0.25) is 0 Å². The van der Waals surface area contributed by atoms with Crippen LogP contribution >= 0.6 is 0 Å². The molecule has 0 saturated heterocycles. The van der Waals surface area contributed by atoms with Crippen molar-refractivity contribution in [3.63, 3.8) is 0 Å². The maximum absolute atomic E-state index is 13.4. The molecule has 6 nitrogen and oxygen atoms in total. The molecule has 1 aromatic heterocycles. The predicted molar refractivity (Wildman–Crippen MR) is 116 cm³/mol. The number of nitrogens with zero attached hydrogens (tertiary/aromatic N) is 2. The molecule has 1 N–H and O–H groups in total. The zero-order valence-electron chi connectivity index (χ0n) is 18.3. The second-order valence-corrected chi connectivity index (χ2v) is 7.07. The fourth-order valence-electron chi connectivity index (χ4n) is 3.39. The van der Waals surface area contributed by atoms with Crippen molar-refractivity contribution in [3.8, 4) is 11.3 Å². The molecule has 0 bridgehead atoms. The van der Waals surface area contributed by atoms with Gasteiger partial charge in [-0.15, -0.1) is 0 Å². The summed E-state index contributed by atoms with van der Waals surface area (Å²) >= 11 is 0. The van der Waals surface area contributed by atoms with E-state index in [2.05, 4.69) is 24.1 Å². The Morgan fingerprint density at radius 3 is 2.40 bits per heavy atom. The number of benzene rings is 1. The Labute approximate surface area is 178 Å². The van der Waals surface area contributed by atoms with Gasteiger partial charge in [0.2, 0.25) is 5.91 Å². The molecule has 2 rings (SSSR count). The molecule has 164 valence electrons. The number of aromatic nitrogens is 1. The van der Waals surface area contributed by atoms with E-state index in [4.69, 9.17) is 4.74 Å². The molecule has 30 heavy (non-hydrogen) atoms. The van der Waals surface area contributed by atoms with E-state index in [1.807, 2.05) is 0 Å². The lowest BCUT2D eigenvalue weighted by Gasteiger charge is -2.18. The lowest BCUT2D eigenvalue weighted by Crippen LogP contribution is -2.32. The Hall–Kier alpha value is -2.67. The number of nitrogens with one attached hydrogen (secondary N) is 1. The summed E-state index contributed by atoms with van der Waals surface area (Å²) in [5.74, 6) is -0.908. The van der Waals surface area contributed by atoms with Crippen LogP contribution in [0.15, 0.2) is 30.3 Å². The van der Waals surface area contributed by atoms with Gasteiger partial charge in [-0.05, 0) is 75.8 Å². The third kappa shape index (κ3) is 6.16. The van der Waals surface area contributed by atoms with E-state index in [0.717, 1.165) is 31.6 Å². The van der Waals surface area contributed by atoms with Crippen molar-refractivity contribution < 1.29 is 18.7 Å². The molecular formula is C23H32FN3O3. The number of amides is 1. The van der Waals surface area contributed by atoms with E-state index in [1.165, 1.54) is 12.1 Å². The monoisotopic (exact) mass is 417 g/mol. The summed E-state index contributed by atoms with van der Waals surface area (Å²) in [4.78, 5) is 27.2. The number of carbonyl (C=O) groups excluding carboxylic acids is 2. The van der Waals surface area contributed by atoms with E-state index in [1.54, 1.807) is 36.6 Å². The topological polar surface area (TPSA) is 63.6 Å².